The van der Waals surface area contributed by atoms with E-state index in [2.05, 4.69) is 4.98 Å². The molecule has 0 spiro atoms. The minimum absolute atomic E-state index is 0.00904. The average molecular weight is 297 g/mol. The number of alkyl halides is 3. The minimum atomic E-state index is -4.46. The van der Waals surface area contributed by atoms with E-state index in [0.717, 1.165) is 18.3 Å². The van der Waals surface area contributed by atoms with E-state index >= 15 is 0 Å². The van der Waals surface area contributed by atoms with Gasteiger partial charge in [0.2, 0.25) is 0 Å². The van der Waals surface area contributed by atoms with Gasteiger partial charge in [0.1, 0.15) is 0 Å². The van der Waals surface area contributed by atoms with E-state index < -0.39 is 23.1 Å². The number of carboxylic acid groups (broad SMARTS) is 1. The Labute approximate surface area is 119 Å². The maximum Gasteiger partial charge on any atom is 0.416 e. The van der Waals surface area contributed by atoms with Crippen molar-refractivity contribution in [1.82, 2.24) is 4.98 Å². The molecule has 6 heteroatoms. The lowest BCUT2D eigenvalue weighted by Gasteiger charge is -2.23. The van der Waals surface area contributed by atoms with Crippen molar-refractivity contribution in [3.8, 4) is 0 Å². The second kappa shape index (κ2) is 4.72. The van der Waals surface area contributed by atoms with E-state index in [-0.39, 0.29) is 11.1 Å². The fourth-order valence-corrected chi connectivity index (χ4v) is 2.34. The van der Waals surface area contributed by atoms with Crippen molar-refractivity contribution in [3.05, 3.63) is 41.1 Å². The Hall–Kier alpha value is -2.11. The van der Waals surface area contributed by atoms with Gasteiger partial charge in [0.05, 0.1) is 16.6 Å². The van der Waals surface area contributed by atoms with Crippen LogP contribution in [0.5, 0.6) is 0 Å². The zero-order chi connectivity index (χ0) is 16.0. The Kier molecular flexibility index (Phi) is 3.43. The molecule has 0 amide bonds. The zero-order valence-corrected chi connectivity index (χ0v) is 11.7. The van der Waals surface area contributed by atoms with Crippen LogP contribution >= 0.6 is 0 Å². The molecule has 0 aliphatic carbocycles. The van der Waals surface area contributed by atoms with Crippen LogP contribution in [0, 0.1) is 0 Å². The molecule has 0 aliphatic heterocycles. The number of halogens is 3. The first kappa shape index (κ1) is 15.3. The number of nitrogens with zero attached hydrogens (tertiary/aromatic N) is 1. The molecule has 0 saturated carbocycles. The van der Waals surface area contributed by atoms with Crippen LogP contribution in [0.1, 0.15) is 42.3 Å². The maximum absolute atomic E-state index is 12.7. The predicted molar refractivity (Wildman–Crippen MR) is 72.4 cm³/mol. The third-order valence-electron chi connectivity index (χ3n) is 3.18. The molecule has 0 radical (unpaired) electrons. The fourth-order valence-electron chi connectivity index (χ4n) is 2.34. The Bertz CT molecular complexity index is 715. The van der Waals surface area contributed by atoms with E-state index in [1.807, 2.05) is 20.8 Å². The normalized spacial score (nSPS) is 12.7. The van der Waals surface area contributed by atoms with Crippen molar-refractivity contribution in [2.75, 3.05) is 0 Å². The van der Waals surface area contributed by atoms with Gasteiger partial charge in [0.15, 0.2) is 0 Å². The molecule has 1 N–H and O–H groups in total. The van der Waals surface area contributed by atoms with Gasteiger partial charge in [0.25, 0.3) is 0 Å². The molecule has 0 fully saturated rings. The summed E-state index contributed by atoms with van der Waals surface area (Å²) in [6.45, 7) is 5.43. The Morgan fingerprint density at radius 1 is 1.19 bits per heavy atom. The summed E-state index contributed by atoms with van der Waals surface area (Å²) < 4.78 is 38.2. The molecule has 0 bridgehead atoms. The summed E-state index contributed by atoms with van der Waals surface area (Å²) in [5.74, 6) is -1.14. The number of fused-ring (bicyclic) bond motifs is 1. The topological polar surface area (TPSA) is 50.2 Å². The Balaban J connectivity index is 2.83. The lowest BCUT2D eigenvalue weighted by atomic mass is 9.81. The van der Waals surface area contributed by atoms with Crippen LogP contribution in [-0.2, 0) is 11.6 Å². The summed E-state index contributed by atoms with van der Waals surface area (Å²) in [5.41, 5.74) is -0.706. The number of aromatic carboxylic acids is 1. The molecular weight excluding hydrogens is 283 g/mol. The number of benzene rings is 1. The Morgan fingerprint density at radius 2 is 1.81 bits per heavy atom. The highest BCUT2D eigenvalue weighted by atomic mass is 19.4. The number of rotatable bonds is 1. The number of carbonyl (C=O) groups is 1. The molecule has 112 valence electrons. The highest BCUT2D eigenvalue weighted by molar-refractivity contribution is 5.97. The van der Waals surface area contributed by atoms with E-state index in [9.17, 15) is 23.1 Å². The van der Waals surface area contributed by atoms with Gasteiger partial charge in [0, 0.05) is 11.6 Å². The number of pyridine rings is 1. The zero-order valence-electron chi connectivity index (χ0n) is 11.7. The van der Waals surface area contributed by atoms with Gasteiger partial charge < -0.3 is 5.11 Å². The summed E-state index contributed by atoms with van der Waals surface area (Å²) in [5, 5.41) is 9.68. The van der Waals surface area contributed by atoms with Crippen molar-refractivity contribution in [1.29, 1.82) is 0 Å². The van der Waals surface area contributed by atoms with Gasteiger partial charge in [-0.05, 0) is 23.1 Å². The SMILES string of the molecule is CC(C)(C)c1c(C(=O)O)cnc2cc(C(F)(F)F)ccc12. The molecule has 21 heavy (non-hydrogen) atoms. The van der Waals surface area contributed by atoms with Crippen LogP contribution in [0.3, 0.4) is 0 Å². The summed E-state index contributed by atoms with van der Waals surface area (Å²) in [6, 6.07) is 3.18. The molecule has 1 aromatic carbocycles. The highest BCUT2D eigenvalue weighted by Crippen LogP contribution is 2.36. The summed E-state index contributed by atoms with van der Waals surface area (Å²) in [7, 11) is 0. The van der Waals surface area contributed by atoms with Crippen molar-refractivity contribution in [2.45, 2.75) is 32.4 Å². The van der Waals surface area contributed by atoms with E-state index in [1.54, 1.807) is 0 Å². The summed E-state index contributed by atoms with van der Waals surface area (Å²) in [4.78, 5) is 15.2. The lowest BCUT2D eigenvalue weighted by Crippen LogP contribution is -2.18. The van der Waals surface area contributed by atoms with E-state index in [4.69, 9.17) is 0 Å². The average Bonchev–Trinajstić information content (AvgIpc) is 2.34. The molecule has 1 heterocycles. The van der Waals surface area contributed by atoms with Gasteiger partial charge in [-0.15, -0.1) is 0 Å². The third-order valence-corrected chi connectivity index (χ3v) is 3.18. The first-order valence-corrected chi connectivity index (χ1v) is 6.25. The molecule has 2 rings (SSSR count). The maximum atomic E-state index is 12.7. The molecule has 1 aromatic heterocycles. The molecular formula is C15H14F3NO2. The van der Waals surface area contributed by atoms with Crippen molar-refractivity contribution >= 4 is 16.9 Å². The Morgan fingerprint density at radius 3 is 2.29 bits per heavy atom. The van der Waals surface area contributed by atoms with Gasteiger partial charge >= 0.3 is 12.1 Å². The second-order valence-corrected chi connectivity index (χ2v) is 5.83. The van der Waals surface area contributed by atoms with Crippen LogP contribution in [0.15, 0.2) is 24.4 Å². The number of carboxylic acids is 1. The lowest BCUT2D eigenvalue weighted by molar-refractivity contribution is -0.137. The molecule has 2 aromatic rings. The molecule has 0 aliphatic rings. The van der Waals surface area contributed by atoms with Crippen LogP contribution in [0.25, 0.3) is 10.9 Å². The largest absolute Gasteiger partial charge is 0.478 e. The monoisotopic (exact) mass is 297 g/mol. The molecule has 3 nitrogen and oxygen atoms in total. The van der Waals surface area contributed by atoms with Gasteiger partial charge in [-0.25, -0.2) is 4.79 Å². The van der Waals surface area contributed by atoms with Crippen LogP contribution in [0.4, 0.5) is 13.2 Å². The number of aromatic nitrogens is 1. The molecule has 0 atom stereocenters. The van der Waals surface area contributed by atoms with Crippen molar-refractivity contribution in [3.63, 3.8) is 0 Å². The van der Waals surface area contributed by atoms with Gasteiger partial charge in [-0.2, -0.15) is 13.2 Å². The van der Waals surface area contributed by atoms with Crippen LogP contribution < -0.4 is 0 Å². The van der Waals surface area contributed by atoms with Crippen LogP contribution in [0.2, 0.25) is 0 Å². The van der Waals surface area contributed by atoms with E-state index in [0.29, 0.717) is 10.9 Å². The number of hydrogen-bond acceptors (Lipinski definition) is 2. The fraction of sp³-hybridized carbons (Fsp3) is 0.333. The third kappa shape index (κ3) is 2.84. The smallest absolute Gasteiger partial charge is 0.416 e. The second-order valence-electron chi connectivity index (χ2n) is 5.83. The van der Waals surface area contributed by atoms with Gasteiger partial charge in [-0.3, -0.25) is 4.98 Å². The quantitative estimate of drug-likeness (QED) is 0.856. The standard InChI is InChI=1S/C15H14F3NO2/c1-14(2,3)12-9-5-4-8(15(16,17)18)6-11(9)19-7-10(12)13(20)21/h4-7H,1-3H3,(H,20,21). The summed E-state index contributed by atoms with van der Waals surface area (Å²) in [6.07, 6.45) is -3.34. The molecule has 0 unspecified atom stereocenters. The molecule has 0 saturated heterocycles. The van der Waals surface area contributed by atoms with Crippen molar-refractivity contribution in [2.24, 2.45) is 0 Å². The highest BCUT2D eigenvalue weighted by Gasteiger charge is 2.32. The van der Waals surface area contributed by atoms with Gasteiger partial charge in [-0.1, -0.05) is 26.8 Å². The van der Waals surface area contributed by atoms with Crippen molar-refractivity contribution < 1.29 is 23.1 Å². The first-order valence-electron chi connectivity index (χ1n) is 6.25. The van der Waals surface area contributed by atoms with Crippen LogP contribution in [-0.4, -0.2) is 16.1 Å². The number of hydrogen-bond donors (Lipinski definition) is 1. The predicted octanol–water partition coefficient (Wildman–Crippen LogP) is 4.25. The summed E-state index contributed by atoms with van der Waals surface area (Å²) >= 11 is 0. The van der Waals surface area contributed by atoms with E-state index in [1.165, 1.54) is 6.07 Å². The first-order chi connectivity index (χ1) is 9.51. The minimum Gasteiger partial charge on any atom is -0.478 e.